The van der Waals surface area contributed by atoms with Crippen LogP contribution < -0.4 is 5.32 Å². The normalized spacial score (nSPS) is 38.3. The van der Waals surface area contributed by atoms with Crippen LogP contribution >= 0.6 is 0 Å². The number of rotatable bonds is 6. The van der Waals surface area contributed by atoms with E-state index in [4.69, 9.17) is 0 Å². The van der Waals surface area contributed by atoms with Gasteiger partial charge in [-0.3, -0.25) is 4.90 Å². The van der Waals surface area contributed by atoms with E-state index >= 15 is 0 Å². The second-order valence-electron chi connectivity index (χ2n) is 7.94. The molecule has 1 saturated carbocycles. The van der Waals surface area contributed by atoms with Crippen molar-refractivity contribution in [3.8, 4) is 0 Å². The van der Waals surface area contributed by atoms with Crippen molar-refractivity contribution in [3.05, 3.63) is 0 Å². The molecule has 1 aliphatic carbocycles. The van der Waals surface area contributed by atoms with E-state index in [1.165, 1.54) is 45.3 Å². The van der Waals surface area contributed by atoms with Gasteiger partial charge in [-0.15, -0.1) is 0 Å². The Kier molecular flexibility index (Phi) is 6.51. The lowest BCUT2D eigenvalue weighted by molar-refractivity contribution is 0.0899. The van der Waals surface area contributed by atoms with Gasteiger partial charge >= 0.3 is 0 Å². The molecule has 0 spiro atoms. The standard InChI is InChI=1S/C18H37N3/c1-6-19-18-11-14(2)10-15(3)17(18)13-21-9-7-8-16(21)12-20(4)5/h14-19H,6-13H2,1-5H3. The minimum Gasteiger partial charge on any atom is -0.314 e. The summed E-state index contributed by atoms with van der Waals surface area (Å²) in [6, 6.07) is 1.52. The molecule has 21 heavy (non-hydrogen) atoms. The van der Waals surface area contributed by atoms with Crippen LogP contribution in [0.4, 0.5) is 0 Å². The van der Waals surface area contributed by atoms with Crippen LogP contribution in [0, 0.1) is 17.8 Å². The Morgan fingerprint density at radius 1 is 1.19 bits per heavy atom. The fourth-order valence-corrected chi connectivity index (χ4v) is 4.75. The number of likely N-dealkylation sites (N-methyl/N-ethyl adjacent to an activating group) is 1. The summed E-state index contributed by atoms with van der Waals surface area (Å²) in [7, 11) is 4.42. The van der Waals surface area contributed by atoms with Crippen LogP contribution in [-0.4, -0.2) is 62.2 Å². The molecule has 0 amide bonds. The van der Waals surface area contributed by atoms with Crippen LogP contribution in [0.15, 0.2) is 0 Å². The molecular formula is C18H37N3. The van der Waals surface area contributed by atoms with Gasteiger partial charge in [-0.1, -0.05) is 20.8 Å². The SMILES string of the molecule is CCNC1CC(C)CC(C)C1CN1CCCC1CN(C)C. The van der Waals surface area contributed by atoms with Gasteiger partial charge in [0.05, 0.1) is 0 Å². The molecule has 0 aromatic carbocycles. The van der Waals surface area contributed by atoms with Crippen LogP contribution in [0.25, 0.3) is 0 Å². The molecule has 1 saturated heterocycles. The summed E-state index contributed by atoms with van der Waals surface area (Å²) in [5.41, 5.74) is 0. The summed E-state index contributed by atoms with van der Waals surface area (Å²) in [6.45, 7) is 12.1. The number of hydrogen-bond acceptors (Lipinski definition) is 3. The van der Waals surface area contributed by atoms with E-state index in [0.29, 0.717) is 0 Å². The zero-order valence-electron chi connectivity index (χ0n) is 14.9. The summed E-state index contributed by atoms with van der Waals surface area (Å²) >= 11 is 0. The number of nitrogens with one attached hydrogen (secondary N) is 1. The number of hydrogen-bond donors (Lipinski definition) is 1. The average molecular weight is 296 g/mol. The fraction of sp³-hybridized carbons (Fsp3) is 1.00. The molecule has 0 radical (unpaired) electrons. The molecule has 0 aromatic heterocycles. The Bertz CT molecular complexity index is 305. The minimum absolute atomic E-state index is 0.731. The summed E-state index contributed by atoms with van der Waals surface area (Å²) < 4.78 is 0. The van der Waals surface area contributed by atoms with Crippen molar-refractivity contribution in [2.45, 2.75) is 58.5 Å². The zero-order chi connectivity index (χ0) is 15.4. The van der Waals surface area contributed by atoms with Gasteiger partial charge in [0.15, 0.2) is 0 Å². The second-order valence-corrected chi connectivity index (χ2v) is 7.94. The molecule has 3 heteroatoms. The molecule has 124 valence electrons. The topological polar surface area (TPSA) is 18.5 Å². The van der Waals surface area contributed by atoms with Gasteiger partial charge in [-0.25, -0.2) is 0 Å². The highest BCUT2D eigenvalue weighted by Crippen LogP contribution is 2.35. The third kappa shape index (κ3) is 4.67. The molecule has 3 nitrogen and oxygen atoms in total. The van der Waals surface area contributed by atoms with Crippen molar-refractivity contribution in [3.63, 3.8) is 0 Å². The van der Waals surface area contributed by atoms with Crippen molar-refractivity contribution >= 4 is 0 Å². The highest BCUT2D eigenvalue weighted by molar-refractivity contribution is 4.92. The van der Waals surface area contributed by atoms with Crippen molar-refractivity contribution in [1.29, 1.82) is 0 Å². The van der Waals surface area contributed by atoms with Crippen LogP contribution in [0.5, 0.6) is 0 Å². The molecular weight excluding hydrogens is 258 g/mol. The zero-order valence-corrected chi connectivity index (χ0v) is 14.9. The lowest BCUT2D eigenvalue weighted by atomic mass is 9.72. The van der Waals surface area contributed by atoms with E-state index in [9.17, 15) is 0 Å². The Hall–Kier alpha value is -0.120. The first-order chi connectivity index (χ1) is 10.0. The lowest BCUT2D eigenvalue weighted by Gasteiger charge is -2.43. The third-order valence-electron chi connectivity index (χ3n) is 5.66. The van der Waals surface area contributed by atoms with Crippen molar-refractivity contribution in [2.75, 3.05) is 40.3 Å². The quantitative estimate of drug-likeness (QED) is 0.813. The van der Waals surface area contributed by atoms with E-state index in [1.807, 2.05) is 0 Å². The van der Waals surface area contributed by atoms with Gasteiger partial charge in [0, 0.05) is 25.2 Å². The first-order valence-electron chi connectivity index (χ1n) is 9.13. The van der Waals surface area contributed by atoms with E-state index < -0.39 is 0 Å². The molecule has 0 bridgehead atoms. The Morgan fingerprint density at radius 3 is 2.62 bits per heavy atom. The Labute approximate surface area is 132 Å². The number of nitrogens with zero attached hydrogens (tertiary/aromatic N) is 2. The molecule has 0 aromatic rings. The lowest BCUT2D eigenvalue weighted by Crippen LogP contribution is -2.50. The predicted octanol–water partition coefficient (Wildman–Crippen LogP) is 2.67. The molecule has 2 aliphatic rings. The molecule has 5 atom stereocenters. The molecule has 1 heterocycles. The number of likely N-dealkylation sites (tertiary alicyclic amines) is 1. The summed E-state index contributed by atoms with van der Waals surface area (Å²) in [6.07, 6.45) is 5.57. The predicted molar refractivity (Wildman–Crippen MR) is 91.7 cm³/mol. The fourth-order valence-electron chi connectivity index (χ4n) is 4.75. The summed E-state index contributed by atoms with van der Waals surface area (Å²) in [5.74, 6) is 2.58. The van der Waals surface area contributed by atoms with Gasteiger partial charge in [-0.2, -0.15) is 0 Å². The molecule has 2 fully saturated rings. The van der Waals surface area contributed by atoms with Gasteiger partial charge in [0.1, 0.15) is 0 Å². The van der Waals surface area contributed by atoms with Crippen molar-refractivity contribution in [1.82, 2.24) is 15.1 Å². The van der Waals surface area contributed by atoms with E-state index in [2.05, 4.69) is 50.0 Å². The maximum absolute atomic E-state index is 3.79. The first-order valence-corrected chi connectivity index (χ1v) is 9.13. The highest BCUT2D eigenvalue weighted by Gasteiger charge is 2.36. The van der Waals surface area contributed by atoms with Crippen LogP contribution in [-0.2, 0) is 0 Å². The largest absolute Gasteiger partial charge is 0.314 e. The van der Waals surface area contributed by atoms with E-state index in [1.54, 1.807) is 0 Å². The van der Waals surface area contributed by atoms with E-state index in [0.717, 1.165) is 36.4 Å². The third-order valence-corrected chi connectivity index (χ3v) is 5.66. The molecule has 1 aliphatic heterocycles. The monoisotopic (exact) mass is 295 g/mol. The van der Waals surface area contributed by atoms with Crippen molar-refractivity contribution in [2.24, 2.45) is 17.8 Å². The van der Waals surface area contributed by atoms with Crippen LogP contribution in [0.2, 0.25) is 0 Å². The maximum Gasteiger partial charge on any atom is 0.0223 e. The summed E-state index contributed by atoms with van der Waals surface area (Å²) in [4.78, 5) is 5.15. The maximum atomic E-state index is 3.79. The molecule has 1 N–H and O–H groups in total. The van der Waals surface area contributed by atoms with Gasteiger partial charge in [-0.05, 0) is 70.6 Å². The van der Waals surface area contributed by atoms with Crippen molar-refractivity contribution < 1.29 is 0 Å². The van der Waals surface area contributed by atoms with Crippen LogP contribution in [0.3, 0.4) is 0 Å². The minimum atomic E-state index is 0.731. The smallest absolute Gasteiger partial charge is 0.0223 e. The van der Waals surface area contributed by atoms with Gasteiger partial charge in [0.25, 0.3) is 0 Å². The van der Waals surface area contributed by atoms with Crippen LogP contribution in [0.1, 0.15) is 46.5 Å². The van der Waals surface area contributed by atoms with E-state index in [-0.39, 0.29) is 0 Å². The molecule has 2 rings (SSSR count). The summed E-state index contributed by atoms with van der Waals surface area (Å²) in [5, 5.41) is 3.79. The Balaban J connectivity index is 1.97. The molecule has 5 unspecified atom stereocenters. The highest BCUT2D eigenvalue weighted by atomic mass is 15.2. The Morgan fingerprint density at radius 2 is 1.95 bits per heavy atom. The second kappa shape index (κ2) is 7.94. The average Bonchev–Trinajstić information content (AvgIpc) is 2.80. The first kappa shape index (κ1) is 17.2. The van der Waals surface area contributed by atoms with Gasteiger partial charge < -0.3 is 10.2 Å². The van der Waals surface area contributed by atoms with Gasteiger partial charge in [0.2, 0.25) is 0 Å².